The molecule has 1 amide bonds. The van der Waals surface area contributed by atoms with Gasteiger partial charge >= 0.3 is 0 Å². The van der Waals surface area contributed by atoms with Gasteiger partial charge in [0.25, 0.3) is 0 Å². The van der Waals surface area contributed by atoms with E-state index >= 15 is 0 Å². The van der Waals surface area contributed by atoms with Crippen molar-refractivity contribution in [2.75, 3.05) is 19.5 Å². The van der Waals surface area contributed by atoms with Crippen LogP contribution in [0.5, 0.6) is 11.5 Å². The van der Waals surface area contributed by atoms with E-state index in [1.165, 1.54) is 0 Å². The Hall–Kier alpha value is -4.91. The van der Waals surface area contributed by atoms with Crippen LogP contribution in [0.3, 0.4) is 0 Å². The molecule has 7 nitrogen and oxygen atoms in total. The molecule has 0 bridgehead atoms. The maximum Gasteiger partial charge on any atom is 0.228 e. The highest BCUT2D eigenvalue weighted by molar-refractivity contribution is 6.10. The average Bonchev–Trinajstić information content (AvgIpc) is 3.37. The minimum atomic E-state index is -0.140. The van der Waals surface area contributed by atoms with Crippen molar-refractivity contribution in [3.05, 3.63) is 108 Å². The number of carbonyl (C=O) groups excluding carboxylic acids is 2. The smallest absolute Gasteiger partial charge is 0.228 e. The number of hydrogen-bond donors (Lipinski definition) is 2. The van der Waals surface area contributed by atoms with Crippen LogP contribution in [0.25, 0.3) is 22.4 Å². The molecule has 0 atom stereocenters. The molecule has 1 heterocycles. The van der Waals surface area contributed by atoms with E-state index in [0.29, 0.717) is 34.1 Å². The Morgan fingerprint density at radius 3 is 2.30 bits per heavy atom. The molecule has 184 valence electrons. The van der Waals surface area contributed by atoms with E-state index in [2.05, 4.69) is 15.3 Å². The lowest BCUT2D eigenvalue weighted by Crippen LogP contribution is -2.14. The average molecular weight is 492 g/mol. The Morgan fingerprint density at radius 1 is 0.811 bits per heavy atom. The minimum Gasteiger partial charge on any atom is -0.493 e. The van der Waals surface area contributed by atoms with E-state index in [-0.39, 0.29) is 18.1 Å². The van der Waals surface area contributed by atoms with E-state index in [9.17, 15) is 9.59 Å². The molecule has 7 heteroatoms. The number of nitrogens with one attached hydrogen (secondary N) is 2. The molecule has 37 heavy (non-hydrogen) atoms. The predicted molar refractivity (Wildman–Crippen MR) is 143 cm³/mol. The lowest BCUT2D eigenvalue weighted by atomic mass is 10.0. The minimum absolute atomic E-state index is 0.0353. The highest BCUT2D eigenvalue weighted by Crippen LogP contribution is 2.28. The van der Waals surface area contributed by atoms with Gasteiger partial charge in [0.05, 0.1) is 31.7 Å². The van der Waals surface area contributed by atoms with Crippen LogP contribution in [0.4, 0.5) is 5.69 Å². The Labute approximate surface area is 214 Å². The molecule has 0 saturated heterocycles. The van der Waals surface area contributed by atoms with Gasteiger partial charge in [0.2, 0.25) is 5.91 Å². The summed E-state index contributed by atoms with van der Waals surface area (Å²) < 4.78 is 10.6. The third-order valence-corrected chi connectivity index (χ3v) is 6.03. The third kappa shape index (κ3) is 5.21. The molecular weight excluding hydrogens is 466 g/mol. The van der Waals surface area contributed by atoms with E-state index in [4.69, 9.17) is 9.47 Å². The number of ether oxygens (including phenoxy) is 2. The van der Waals surface area contributed by atoms with Crippen molar-refractivity contribution in [2.24, 2.45) is 0 Å². The van der Waals surface area contributed by atoms with Gasteiger partial charge < -0.3 is 19.8 Å². The standard InChI is InChI=1S/C30H25N3O4/c1-36-26-15-8-19(16-27(26)37-2)17-28(34)31-23-12-9-21(10-13-23)30-32-24-14-11-22(18-25(24)33-30)29(35)20-6-4-3-5-7-20/h3-16,18H,17H2,1-2H3,(H,31,34)(H,32,33). The van der Waals surface area contributed by atoms with Crippen LogP contribution in [0.15, 0.2) is 91.0 Å². The number of nitrogens with zero attached hydrogens (tertiary/aromatic N) is 1. The first-order valence-corrected chi connectivity index (χ1v) is 11.7. The monoisotopic (exact) mass is 491 g/mol. The first-order valence-electron chi connectivity index (χ1n) is 11.7. The van der Waals surface area contributed by atoms with Crippen molar-refractivity contribution in [1.29, 1.82) is 0 Å². The molecule has 0 aliphatic heterocycles. The van der Waals surface area contributed by atoms with Gasteiger partial charge in [-0.3, -0.25) is 9.59 Å². The van der Waals surface area contributed by atoms with Gasteiger partial charge in [-0.25, -0.2) is 4.98 Å². The summed E-state index contributed by atoms with van der Waals surface area (Å²) in [5.74, 6) is 1.71. The number of benzene rings is 4. The van der Waals surface area contributed by atoms with E-state index in [1.54, 1.807) is 44.6 Å². The number of hydrogen-bond acceptors (Lipinski definition) is 5. The van der Waals surface area contributed by atoms with Gasteiger partial charge in [0, 0.05) is 22.4 Å². The number of methoxy groups -OCH3 is 2. The quantitative estimate of drug-likeness (QED) is 0.273. The molecule has 0 saturated carbocycles. The number of rotatable bonds is 8. The SMILES string of the molecule is COc1ccc(CC(=O)Nc2ccc(-c3nc4ccc(C(=O)c5ccccc5)cc4[nH]3)cc2)cc1OC. The zero-order chi connectivity index (χ0) is 25.8. The molecule has 0 fully saturated rings. The van der Waals surface area contributed by atoms with Crippen molar-refractivity contribution < 1.29 is 19.1 Å². The summed E-state index contributed by atoms with van der Waals surface area (Å²) in [6.45, 7) is 0. The number of aromatic nitrogens is 2. The zero-order valence-electron chi connectivity index (χ0n) is 20.4. The maximum atomic E-state index is 12.8. The number of aromatic amines is 1. The molecule has 1 aromatic heterocycles. The second-order valence-electron chi connectivity index (χ2n) is 8.50. The number of H-pyrrole nitrogens is 1. The summed E-state index contributed by atoms with van der Waals surface area (Å²) in [7, 11) is 3.14. The van der Waals surface area contributed by atoms with E-state index < -0.39 is 0 Å². The fourth-order valence-corrected chi connectivity index (χ4v) is 4.14. The number of amides is 1. The number of ketones is 1. The Kier molecular flexibility index (Phi) is 6.68. The van der Waals surface area contributed by atoms with Gasteiger partial charge in [0.1, 0.15) is 5.82 Å². The lowest BCUT2D eigenvalue weighted by molar-refractivity contribution is -0.115. The second-order valence-corrected chi connectivity index (χ2v) is 8.50. The van der Waals surface area contributed by atoms with Crippen molar-refractivity contribution >= 4 is 28.4 Å². The number of imidazole rings is 1. The predicted octanol–water partition coefficient (Wildman–Crippen LogP) is 5.66. The van der Waals surface area contributed by atoms with Crippen molar-refractivity contribution in [1.82, 2.24) is 9.97 Å². The molecule has 0 aliphatic rings. The fraction of sp³-hybridized carbons (Fsp3) is 0.100. The normalized spacial score (nSPS) is 10.8. The molecular formula is C30H25N3O4. The summed E-state index contributed by atoms with van der Waals surface area (Å²) in [4.78, 5) is 33.3. The van der Waals surface area contributed by atoms with Crippen LogP contribution in [0.2, 0.25) is 0 Å². The van der Waals surface area contributed by atoms with Gasteiger partial charge in [-0.2, -0.15) is 0 Å². The number of carbonyl (C=O) groups is 2. The van der Waals surface area contributed by atoms with Crippen molar-refractivity contribution in [2.45, 2.75) is 6.42 Å². The molecule has 4 aromatic carbocycles. The highest BCUT2D eigenvalue weighted by atomic mass is 16.5. The van der Waals surface area contributed by atoms with Crippen molar-refractivity contribution in [3.8, 4) is 22.9 Å². The van der Waals surface area contributed by atoms with E-state index in [0.717, 1.165) is 22.2 Å². The van der Waals surface area contributed by atoms with Gasteiger partial charge in [-0.15, -0.1) is 0 Å². The molecule has 0 spiro atoms. The van der Waals surface area contributed by atoms with Crippen LogP contribution < -0.4 is 14.8 Å². The van der Waals surface area contributed by atoms with Crippen LogP contribution in [0, 0.1) is 0 Å². The lowest BCUT2D eigenvalue weighted by Gasteiger charge is -2.10. The van der Waals surface area contributed by atoms with Crippen LogP contribution in [-0.2, 0) is 11.2 Å². The summed E-state index contributed by atoms with van der Waals surface area (Å²) in [6, 6.07) is 27.5. The largest absolute Gasteiger partial charge is 0.493 e. The second kappa shape index (κ2) is 10.4. The van der Waals surface area contributed by atoms with Crippen LogP contribution in [0.1, 0.15) is 21.5 Å². The first kappa shape index (κ1) is 23.8. The topological polar surface area (TPSA) is 93.3 Å². The summed E-state index contributed by atoms with van der Waals surface area (Å²) in [5.41, 5.74) is 5.16. The summed E-state index contributed by atoms with van der Waals surface area (Å²) in [6.07, 6.45) is 0.204. The van der Waals surface area contributed by atoms with Gasteiger partial charge in [-0.1, -0.05) is 36.4 Å². The molecule has 2 N–H and O–H groups in total. The number of fused-ring (bicyclic) bond motifs is 1. The molecule has 5 aromatic rings. The third-order valence-electron chi connectivity index (χ3n) is 6.03. The number of anilines is 1. The Balaban J connectivity index is 1.28. The molecule has 0 radical (unpaired) electrons. The Bertz CT molecular complexity index is 1570. The summed E-state index contributed by atoms with van der Waals surface area (Å²) in [5, 5.41) is 2.92. The molecule has 5 rings (SSSR count). The van der Waals surface area contributed by atoms with Gasteiger partial charge in [-0.05, 0) is 60.2 Å². The summed E-state index contributed by atoms with van der Waals surface area (Å²) >= 11 is 0. The fourth-order valence-electron chi connectivity index (χ4n) is 4.14. The van der Waals surface area contributed by atoms with Gasteiger partial charge in [0.15, 0.2) is 17.3 Å². The molecule has 0 aliphatic carbocycles. The Morgan fingerprint density at radius 2 is 1.57 bits per heavy atom. The highest BCUT2D eigenvalue weighted by Gasteiger charge is 2.13. The first-order chi connectivity index (χ1) is 18.0. The van der Waals surface area contributed by atoms with Crippen molar-refractivity contribution in [3.63, 3.8) is 0 Å². The van der Waals surface area contributed by atoms with E-state index in [1.807, 2.05) is 60.7 Å². The molecule has 0 unspecified atom stereocenters. The maximum absolute atomic E-state index is 12.8. The van der Waals surface area contributed by atoms with Crippen LogP contribution >= 0.6 is 0 Å². The zero-order valence-corrected chi connectivity index (χ0v) is 20.4. The van der Waals surface area contributed by atoms with Crippen LogP contribution in [-0.4, -0.2) is 35.9 Å².